The first kappa shape index (κ1) is 16.3. The highest BCUT2D eigenvalue weighted by atomic mass is 19.1. The summed E-state index contributed by atoms with van der Waals surface area (Å²) >= 11 is 0. The molecular weight excluding hydrogens is 314 g/mol. The van der Waals surface area contributed by atoms with Gasteiger partial charge in [-0.25, -0.2) is 8.78 Å². The number of esters is 1. The van der Waals surface area contributed by atoms with Crippen LogP contribution in [0, 0.1) is 17.6 Å². The molecule has 3 nitrogen and oxygen atoms in total. The molecule has 2 aromatic carbocycles. The molecule has 1 aliphatic carbocycles. The molecule has 0 aliphatic heterocycles. The van der Waals surface area contributed by atoms with Gasteiger partial charge >= 0.3 is 5.97 Å². The van der Waals surface area contributed by atoms with E-state index in [2.05, 4.69) is 0 Å². The van der Waals surface area contributed by atoms with Gasteiger partial charge in [0.25, 0.3) is 0 Å². The van der Waals surface area contributed by atoms with Gasteiger partial charge < -0.3 is 4.74 Å². The zero-order valence-corrected chi connectivity index (χ0v) is 13.0. The maximum absolute atomic E-state index is 13.2. The van der Waals surface area contributed by atoms with Gasteiger partial charge in [0.05, 0.1) is 7.11 Å². The topological polar surface area (TPSA) is 43.4 Å². The van der Waals surface area contributed by atoms with Gasteiger partial charge in [-0.3, -0.25) is 9.59 Å². The Bertz CT molecular complexity index is 753. The molecule has 0 amide bonds. The fraction of sp³-hybridized carbons (Fsp3) is 0.263. The zero-order chi connectivity index (χ0) is 17.3. The Morgan fingerprint density at radius 3 is 1.96 bits per heavy atom. The van der Waals surface area contributed by atoms with Crippen LogP contribution in [0.25, 0.3) is 0 Å². The van der Waals surface area contributed by atoms with E-state index in [4.69, 9.17) is 4.74 Å². The Balaban J connectivity index is 2.06. The van der Waals surface area contributed by atoms with Crippen LogP contribution in [0.15, 0.2) is 48.5 Å². The number of ketones is 1. The summed E-state index contributed by atoms with van der Waals surface area (Å²) in [5.74, 6) is -3.26. The van der Waals surface area contributed by atoms with Crippen LogP contribution in [-0.4, -0.2) is 18.9 Å². The lowest BCUT2D eigenvalue weighted by Crippen LogP contribution is -2.26. The molecule has 1 aliphatic rings. The number of carbonyl (C=O) groups excluding carboxylic acids is 2. The van der Waals surface area contributed by atoms with Gasteiger partial charge in [0.1, 0.15) is 23.3 Å². The summed E-state index contributed by atoms with van der Waals surface area (Å²) in [6.45, 7) is 0. The Labute approximate surface area is 138 Å². The first-order valence-corrected chi connectivity index (χ1v) is 7.62. The first-order chi connectivity index (χ1) is 11.5. The van der Waals surface area contributed by atoms with Gasteiger partial charge in [-0.05, 0) is 41.3 Å². The fourth-order valence-corrected chi connectivity index (χ4v) is 3.45. The van der Waals surface area contributed by atoms with E-state index in [0.717, 1.165) is 5.56 Å². The molecule has 24 heavy (non-hydrogen) atoms. The Kier molecular flexibility index (Phi) is 4.42. The number of Topliss-reactive ketones (excluding diaryl/α,β-unsaturated/α-hetero) is 1. The number of methoxy groups -OCH3 is 1. The maximum Gasteiger partial charge on any atom is 0.316 e. The smallest absolute Gasteiger partial charge is 0.316 e. The maximum atomic E-state index is 13.2. The van der Waals surface area contributed by atoms with Crippen molar-refractivity contribution in [3.05, 3.63) is 71.3 Å². The summed E-state index contributed by atoms with van der Waals surface area (Å²) in [5, 5.41) is 0. The lowest BCUT2D eigenvalue weighted by Gasteiger charge is -2.23. The van der Waals surface area contributed by atoms with Gasteiger partial charge in [0.2, 0.25) is 0 Å². The van der Waals surface area contributed by atoms with E-state index in [1.807, 2.05) is 0 Å². The fourth-order valence-electron chi connectivity index (χ4n) is 3.45. The third kappa shape index (κ3) is 2.94. The SMILES string of the molecule is COC(=O)[C@H]1C(=O)C[C@@H](c2ccc(F)cc2)[C@@H]1c1ccc(F)cc1. The van der Waals surface area contributed by atoms with Crippen molar-refractivity contribution in [1.29, 1.82) is 0 Å². The van der Waals surface area contributed by atoms with E-state index in [-0.39, 0.29) is 23.9 Å². The van der Waals surface area contributed by atoms with E-state index < -0.39 is 23.6 Å². The number of rotatable bonds is 3. The van der Waals surface area contributed by atoms with E-state index in [1.54, 1.807) is 24.3 Å². The lowest BCUT2D eigenvalue weighted by atomic mass is 9.80. The Morgan fingerprint density at radius 2 is 1.46 bits per heavy atom. The van der Waals surface area contributed by atoms with Crippen molar-refractivity contribution < 1.29 is 23.1 Å². The molecule has 5 heteroatoms. The number of halogens is 2. The Hall–Kier alpha value is -2.56. The summed E-state index contributed by atoms with van der Waals surface area (Å²) in [6, 6.07) is 11.6. The summed E-state index contributed by atoms with van der Waals surface area (Å²) in [5.41, 5.74) is 1.46. The van der Waals surface area contributed by atoms with Crippen molar-refractivity contribution in [2.45, 2.75) is 18.3 Å². The molecule has 3 rings (SSSR count). The minimum Gasteiger partial charge on any atom is -0.468 e. The molecule has 1 fully saturated rings. The molecular formula is C19H16F2O3. The first-order valence-electron chi connectivity index (χ1n) is 7.62. The molecule has 0 unspecified atom stereocenters. The average Bonchev–Trinajstić information content (AvgIpc) is 2.93. The molecule has 0 bridgehead atoms. The molecule has 0 heterocycles. The minimum absolute atomic E-state index is 0.160. The van der Waals surface area contributed by atoms with Crippen LogP contribution in [0.4, 0.5) is 8.78 Å². The molecule has 124 valence electrons. The van der Waals surface area contributed by atoms with Crippen LogP contribution in [-0.2, 0) is 14.3 Å². The van der Waals surface area contributed by atoms with Crippen molar-refractivity contribution in [2.24, 2.45) is 5.92 Å². The number of carbonyl (C=O) groups is 2. The molecule has 1 saturated carbocycles. The summed E-state index contributed by atoms with van der Waals surface area (Å²) in [4.78, 5) is 24.6. The quantitative estimate of drug-likeness (QED) is 0.638. The van der Waals surface area contributed by atoms with Gasteiger partial charge in [-0.15, -0.1) is 0 Å². The van der Waals surface area contributed by atoms with Crippen LogP contribution in [0.5, 0.6) is 0 Å². The van der Waals surface area contributed by atoms with E-state index in [9.17, 15) is 18.4 Å². The third-order valence-electron chi connectivity index (χ3n) is 4.57. The monoisotopic (exact) mass is 330 g/mol. The van der Waals surface area contributed by atoms with E-state index >= 15 is 0 Å². The summed E-state index contributed by atoms with van der Waals surface area (Å²) in [7, 11) is 1.24. The normalized spacial score (nSPS) is 23.3. The second-order valence-corrected chi connectivity index (χ2v) is 5.91. The van der Waals surface area contributed by atoms with Gasteiger partial charge in [-0.2, -0.15) is 0 Å². The second-order valence-electron chi connectivity index (χ2n) is 5.91. The van der Waals surface area contributed by atoms with Gasteiger partial charge in [0, 0.05) is 12.3 Å². The van der Waals surface area contributed by atoms with Gasteiger partial charge in [0.15, 0.2) is 0 Å². The van der Waals surface area contributed by atoms with Gasteiger partial charge in [-0.1, -0.05) is 24.3 Å². The van der Waals surface area contributed by atoms with Crippen LogP contribution in [0.3, 0.4) is 0 Å². The lowest BCUT2D eigenvalue weighted by molar-refractivity contribution is -0.148. The minimum atomic E-state index is -0.935. The highest BCUT2D eigenvalue weighted by Gasteiger charge is 2.48. The second kappa shape index (κ2) is 6.51. The summed E-state index contributed by atoms with van der Waals surface area (Å²) < 4.78 is 31.2. The van der Waals surface area contributed by atoms with E-state index in [0.29, 0.717) is 5.56 Å². The standard InChI is InChI=1S/C19H16F2O3/c1-24-19(23)18-16(22)10-15(11-2-6-13(20)7-3-11)17(18)12-4-8-14(21)9-5-12/h2-9,15,17-18H,10H2,1H3/t15-,17-,18-/m0/s1. The molecule has 0 N–H and O–H groups in total. The van der Waals surface area contributed by atoms with Crippen molar-refractivity contribution in [2.75, 3.05) is 7.11 Å². The molecule has 0 saturated heterocycles. The average molecular weight is 330 g/mol. The van der Waals surface area contributed by atoms with Crippen LogP contribution >= 0.6 is 0 Å². The highest BCUT2D eigenvalue weighted by molar-refractivity contribution is 6.02. The predicted molar refractivity (Wildman–Crippen MR) is 83.4 cm³/mol. The van der Waals surface area contributed by atoms with Crippen LogP contribution in [0.2, 0.25) is 0 Å². The number of hydrogen-bond acceptors (Lipinski definition) is 3. The molecule has 2 aromatic rings. The van der Waals surface area contributed by atoms with Crippen LogP contribution in [0.1, 0.15) is 29.4 Å². The number of ether oxygens (including phenoxy) is 1. The van der Waals surface area contributed by atoms with Crippen molar-refractivity contribution in [3.8, 4) is 0 Å². The zero-order valence-electron chi connectivity index (χ0n) is 13.0. The van der Waals surface area contributed by atoms with Crippen molar-refractivity contribution in [1.82, 2.24) is 0 Å². The molecule has 0 spiro atoms. The summed E-state index contributed by atoms with van der Waals surface area (Å²) in [6.07, 6.45) is 0.160. The third-order valence-corrected chi connectivity index (χ3v) is 4.57. The van der Waals surface area contributed by atoms with Crippen molar-refractivity contribution >= 4 is 11.8 Å². The molecule has 0 aromatic heterocycles. The van der Waals surface area contributed by atoms with Crippen LogP contribution < -0.4 is 0 Å². The molecule has 3 atom stereocenters. The Morgan fingerprint density at radius 1 is 0.958 bits per heavy atom. The predicted octanol–water partition coefficient (Wildman–Crippen LogP) is 3.59. The van der Waals surface area contributed by atoms with Crippen molar-refractivity contribution in [3.63, 3.8) is 0 Å². The largest absolute Gasteiger partial charge is 0.468 e. The molecule has 0 radical (unpaired) electrons. The number of benzene rings is 2. The number of hydrogen-bond donors (Lipinski definition) is 0. The van der Waals surface area contributed by atoms with E-state index in [1.165, 1.54) is 31.4 Å². The highest BCUT2D eigenvalue weighted by Crippen LogP contribution is 2.48.